The van der Waals surface area contributed by atoms with E-state index in [-0.39, 0.29) is 5.82 Å². The van der Waals surface area contributed by atoms with Crippen LogP contribution in [0.4, 0.5) is 4.39 Å². The van der Waals surface area contributed by atoms with E-state index in [0.717, 1.165) is 11.3 Å². The first-order valence-corrected chi connectivity index (χ1v) is 5.08. The number of aryl methyl sites for hydroxylation is 2. The zero-order valence-electron chi connectivity index (χ0n) is 9.20. The minimum Gasteiger partial charge on any atom is -0.463 e. The van der Waals surface area contributed by atoms with E-state index in [0.29, 0.717) is 11.3 Å². The molecule has 2 aromatic rings. The summed E-state index contributed by atoms with van der Waals surface area (Å²) in [5, 5.41) is 9.99. The van der Waals surface area contributed by atoms with Crippen molar-refractivity contribution in [2.45, 2.75) is 20.0 Å². The number of benzene rings is 1. The van der Waals surface area contributed by atoms with E-state index in [1.54, 1.807) is 32.0 Å². The molecule has 1 heterocycles. The average molecular weight is 220 g/mol. The van der Waals surface area contributed by atoms with E-state index in [9.17, 15) is 9.50 Å². The first-order chi connectivity index (χ1) is 7.56. The average Bonchev–Trinajstić information content (AvgIpc) is 2.62. The van der Waals surface area contributed by atoms with Gasteiger partial charge in [-0.2, -0.15) is 0 Å². The van der Waals surface area contributed by atoms with E-state index in [4.69, 9.17) is 4.42 Å². The molecule has 16 heavy (non-hydrogen) atoms. The Bertz CT molecular complexity index is 482. The summed E-state index contributed by atoms with van der Waals surface area (Å²) in [6, 6.07) is 7.94. The number of halogens is 1. The van der Waals surface area contributed by atoms with Crippen molar-refractivity contribution in [1.29, 1.82) is 0 Å². The van der Waals surface area contributed by atoms with Crippen molar-refractivity contribution >= 4 is 0 Å². The van der Waals surface area contributed by atoms with Crippen molar-refractivity contribution in [1.82, 2.24) is 0 Å². The molecule has 1 aromatic carbocycles. The highest BCUT2D eigenvalue weighted by atomic mass is 19.1. The summed E-state index contributed by atoms with van der Waals surface area (Å²) in [6.45, 7) is 3.58. The number of aliphatic hydroxyl groups excluding tert-OH is 1. The van der Waals surface area contributed by atoms with Crippen LogP contribution in [-0.4, -0.2) is 5.11 Å². The molecule has 0 spiro atoms. The third-order valence-corrected chi connectivity index (χ3v) is 2.41. The Morgan fingerprint density at radius 3 is 2.50 bits per heavy atom. The third-order valence-electron chi connectivity index (χ3n) is 2.41. The minimum atomic E-state index is -0.914. The maximum Gasteiger partial charge on any atom is 0.137 e. The molecule has 0 radical (unpaired) electrons. The molecule has 2 rings (SSSR count). The van der Waals surface area contributed by atoms with Crippen LogP contribution in [-0.2, 0) is 0 Å². The number of aliphatic hydroxyl groups is 1. The van der Waals surface area contributed by atoms with Gasteiger partial charge in [0.2, 0.25) is 0 Å². The summed E-state index contributed by atoms with van der Waals surface area (Å²) < 4.78 is 18.5. The van der Waals surface area contributed by atoms with Crippen LogP contribution in [0.5, 0.6) is 0 Å². The van der Waals surface area contributed by atoms with E-state index >= 15 is 0 Å². The third kappa shape index (κ3) is 2.14. The highest BCUT2D eigenvalue weighted by Crippen LogP contribution is 2.25. The lowest BCUT2D eigenvalue weighted by Crippen LogP contribution is -1.99. The van der Waals surface area contributed by atoms with Crippen molar-refractivity contribution in [2.75, 3.05) is 0 Å². The Labute approximate surface area is 93.3 Å². The topological polar surface area (TPSA) is 33.4 Å². The van der Waals surface area contributed by atoms with Crippen molar-refractivity contribution in [2.24, 2.45) is 0 Å². The van der Waals surface area contributed by atoms with Gasteiger partial charge in [0.1, 0.15) is 23.4 Å². The van der Waals surface area contributed by atoms with Crippen molar-refractivity contribution in [3.05, 3.63) is 58.8 Å². The maximum atomic E-state index is 13.2. The van der Waals surface area contributed by atoms with E-state index in [2.05, 4.69) is 0 Å². The second-order valence-corrected chi connectivity index (χ2v) is 3.91. The Balaban J connectivity index is 2.37. The van der Waals surface area contributed by atoms with Crippen molar-refractivity contribution in [3.63, 3.8) is 0 Å². The SMILES string of the molecule is Cc1cc(F)cc(C(O)c2ccc(C)o2)c1. The molecule has 0 bridgehead atoms. The first kappa shape index (κ1) is 10.9. The molecule has 1 atom stereocenters. The molecule has 1 N–H and O–H groups in total. The van der Waals surface area contributed by atoms with Crippen LogP contribution in [0.1, 0.15) is 28.8 Å². The predicted octanol–water partition coefficient (Wildman–Crippen LogP) is 3.12. The van der Waals surface area contributed by atoms with Gasteiger partial charge >= 0.3 is 0 Å². The summed E-state index contributed by atoms with van der Waals surface area (Å²) in [6.07, 6.45) is -0.914. The van der Waals surface area contributed by atoms with E-state index in [1.165, 1.54) is 12.1 Å². The highest BCUT2D eigenvalue weighted by Gasteiger charge is 2.15. The summed E-state index contributed by atoms with van der Waals surface area (Å²) in [5.41, 5.74) is 1.28. The van der Waals surface area contributed by atoms with Crippen LogP contribution < -0.4 is 0 Å². The highest BCUT2D eigenvalue weighted by molar-refractivity contribution is 5.29. The van der Waals surface area contributed by atoms with Crippen molar-refractivity contribution < 1.29 is 13.9 Å². The fourth-order valence-corrected chi connectivity index (χ4v) is 1.69. The number of hydrogen-bond donors (Lipinski definition) is 1. The van der Waals surface area contributed by atoms with Gasteiger partial charge in [-0.05, 0) is 49.2 Å². The number of rotatable bonds is 2. The van der Waals surface area contributed by atoms with Crippen LogP contribution in [0, 0.1) is 19.7 Å². The molecule has 1 aromatic heterocycles. The molecule has 0 fully saturated rings. The summed E-state index contributed by atoms with van der Waals surface area (Å²) >= 11 is 0. The molecule has 2 nitrogen and oxygen atoms in total. The lowest BCUT2D eigenvalue weighted by Gasteiger charge is -2.09. The lowest BCUT2D eigenvalue weighted by molar-refractivity contribution is 0.187. The molecule has 0 amide bonds. The van der Waals surface area contributed by atoms with Crippen LogP contribution in [0.3, 0.4) is 0 Å². The van der Waals surface area contributed by atoms with Crippen LogP contribution in [0.2, 0.25) is 0 Å². The summed E-state index contributed by atoms with van der Waals surface area (Å²) in [4.78, 5) is 0. The quantitative estimate of drug-likeness (QED) is 0.843. The van der Waals surface area contributed by atoms with Gasteiger partial charge in [-0.25, -0.2) is 4.39 Å². The Kier molecular flexibility index (Phi) is 2.79. The van der Waals surface area contributed by atoms with Gasteiger partial charge in [-0.3, -0.25) is 0 Å². The second kappa shape index (κ2) is 4.10. The van der Waals surface area contributed by atoms with Gasteiger partial charge in [-0.15, -0.1) is 0 Å². The fraction of sp³-hybridized carbons (Fsp3) is 0.231. The molecule has 0 aliphatic carbocycles. The first-order valence-electron chi connectivity index (χ1n) is 5.08. The summed E-state index contributed by atoms with van der Waals surface area (Å²) in [7, 11) is 0. The maximum absolute atomic E-state index is 13.2. The summed E-state index contributed by atoms with van der Waals surface area (Å²) in [5.74, 6) is 0.807. The molecule has 0 saturated carbocycles. The molecular formula is C13H13FO2. The Morgan fingerprint density at radius 1 is 1.19 bits per heavy atom. The van der Waals surface area contributed by atoms with Crippen molar-refractivity contribution in [3.8, 4) is 0 Å². The molecular weight excluding hydrogens is 207 g/mol. The fourth-order valence-electron chi connectivity index (χ4n) is 1.69. The van der Waals surface area contributed by atoms with E-state index < -0.39 is 6.10 Å². The van der Waals surface area contributed by atoms with Crippen LogP contribution in [0.15, 0.2) is 34.7 Å². The predicted molar refractivity (Wildman–Crippen MR) is 58.6 cm³/mol. The molecule has 84 valence electrons. The standard InChI is InChI=1S/C13H13FO2/c1-8-5-10(7-11(14)6-8)13(15)12-4-3-9(2)16-12/h3-7,13,15H,1-2H3. The number of hydrogen-bond acceptors (Lipinski definition) is 2. The Hall–Kier alpha value is -1.61. The number of furan rings is 1. The molecule has 3 heteroatoms. The smallest absolute Gasteiger partial charge is 0.137 e. The van der Waals surface area contributed by atoms with Gasteiger partial charge < -0.3 is 9.52 Å². The molecule has 0 aliphatic heterocycles. The molecule has 1 unspecified atom stereocenters. The van der Waals surface area contributed by atoms with Gasteiger partial charge in [0.25, 0.3) is 0 Å². The Morgan fingerprint density at radius 2 is 1.94 bits per heavy atom. The zero-order chi connectivity index (χ0) is 11.7. The van der Waals surface area contributed by atoms with Gasteiger partial charge in [-0.1, -0.05) is 6.07 Å². The van der Waals surface area contributed by atoms with E-state index in [1.807, 2.05) is 0 Å². The zero-order valence-corrected chi connectivity index (χ0v) is 9.20. The molecule has 0 saturated heterocycles. The largest absolute Gasteiger partial charge is 0.463 e. The minimum absolute atomic E-state index is 0.350. The second-order valence-electron chi connectivity index (χ2n) is 3.91. The normalized spacial score (nSPS) is 12.8. The molecule has 0 aliphatic rings. The van der Waals surface area contributed by atoms with Gasteiger partial charge in [0, 0.05) is 0 Å². The van der Waals surface area contributed by atoms with Crippen LogP contribution >= 0.6 is 0 Å². The van der Waals surface area contributed by atoms with Crippen LogP contribution in [0.25, 0.3) is 0 Å². The van der Waals surface area contributed by atoms with Gasteiger partial charge in [0.15, 0.2) is 0 Å². The monoisotopic (exact) mass is 220 g/mol. The lowest BCUT2D eigenvalue weighted by atomic mass is 10.0. The van der Waals surface area contributed by atoms with Gasteiger partial charge in [0.05, 0.1) is 0 Å².